The summed E-state index contributed by atoms with van der Waals surface area (Å²) in [6, 6.07) is 2.40. The van der Waals surface area contributed by atoms with Crippen LogP contribution in [0.5, 0.6) is 5.88 Å². The third-order valence-electron chi connectivity index (χ3n) is 3.63. The van der Waals surface area contributed by atoms with E-state index >= 15 is 0 Å². The van der Waals surface area contributed by atoms with Crippen molar-refractivity contribution in [3.63, 3.8) is 0 Å². The summed E-state index contributed by atoms with van der Waals surface area (Å²) < 4.78 is 5.59. The van der Waals surface area contributed by atoms with Gasteiger partial charge >= 0.3 is 0 Å². The van der Waals surface area contributed by atoms with E-state index in [-0.39, 0.29) is 0 Å². The van der Waals surface area contributed by atoms with Gasteiger partial charge < -0.3 is 10.1 Å². The van der Waals surface area contributed by atoms with E-state index in [1.54, 1.807) is 0 Å². The van der Waals surface area contributed by atoms with Crippen LogP contribution in [0.4, 0.5) is 5.95 Å². The number of anilines is 1. The lowest BCUT2D eigenvalue weighted by atomic mass is 9.87. The van der Waals surface area contributed by atoms with E-state index in [2.05, 4.69) is 29.1 Å². The molecule has 0 saturated heterocycles. The van der Waals surface area contributed by atoms with Crippen molar-refractivity contribution >= 4 is 5.95 Å². The lowest BCUT2D eigenvalue weighted by Crippen LogP contribution is -2.26. The van der Waals surface area contributed by atoms with Crippen molar-refractivity contribution in [2.45, 2.75) is 58.9 Å². The predicted octanol–water partition coefficient (Wildman–Crippen LogP) is 3.56. The van der Waals surface area contributed by atoms with Crippen LogP contribution in [0.25, 0.3) is 0 Å². The average Bonchev–Trinajstić information content (AvgIpc) is 2.38. The van der Waals surface area contributed by atoms with E-state index < -0.39 is 0 Å². The zero-order chi connectivity index (χ0) is 13.7. The molecule has 0 unspecified atom stereocenters. The Morgan fingerprint density at radius 1 is 1.26 bits per heavy atom. The maximum Gasteiger partial charge on any atom is 0.226 e. The summed E-state index contributed by atoms with van der Waals surface area (Å²) in [6.45, 7) is 7.11. The lowest BCUT2D eigenvalue weighted by molar-refractivity contribution is 0.304. The molecule has 19 heavy (non-hydrogen) atoms. The summed E-state index contributed by atoms with van der Waals surface area (Å²) in [7, 11) is 0. The van der Waals surface area contributed by atoms with Crippen molar-refractivity contribution in [1.82, 2.24) is 9.97 Å². The molecule has 0 amide bonds. The first kappa shape index (κ1) is 14.1. The standard InChI is InChI=1S/C15H25N3O/c1-4-9-19-14-10-12(3)16-15(18-14)17-13-7-5-11(2)6-8-13/h10-11,13H,4-9H2,1-3H3,(H,16,17,18). The highest BCUT2D eigenvalue weighted by Gasteiger charge is 2.19. The highest BCUT2D eigenvalue weighted by Crippen LogP contribution is 2.25. The van der Waals surface area contributed by atoms with Crippen LogP contribution < -0.4 is 10.1 Å². The van der Waals surface area contributed by atoms with Gasteiger partial charge in [0, 0.05) is 17.8 Å². The maximum absolute atomic E-state index is 5.59. The Bertz CT molecular complexity index is 400. The molecule has 1 N–H and O–H groups in total. The number of aromatic nitrogens is 2. The second-order valence-corrected chi connectivity index (χ2v) is 5.62. The molecular formula is C15H25N3O. The van der Waals surface area contributed by atoms with Crippen LogP contribution in [-0.4, -0.2) is 22.6 Å². The van der Waals surface area contributed by atoms with Crippen LogP contribution in [0, 0.1) is 12.8 Å². The molecule has 0 radical (unpaired) electrons. The van der Waals surface area contributed by atoms with Gasteiger partial charge in [-0.3, -0.25) is 0 Å². The molecular weight excluding hydrogens is 238 g/mol. The molecule has 1 aliphatic rings. The van der Waals surface area contributed by atoms with Gasteiger partial charge in [-0.25, -0.2) is 4.98 Å². The van der Waals surface area contributed by atoms with Gasteiger partial charge in [-0.05, 0) is 44.9 Å². The first-order valence-electron chi connectivity index (χ1n) is 7.42. The molecule has 0 spiro atoms. The van der Waals surface area contributed by atoms with Crippen molar-refractivity contribution in [3.05, 3.63) is 11.8 Å². The Kier molecular flexibility index (Phi) is 5.00. The van der Waals surface area contributed by atoms with Crippen molar-refractivity contribution in [2.75, 3.05) is 11.9 Å². The first-order valence-corrected chi connectivity index (χ1v) is 7.42. The number of nitrogens with zero attached hydrogens (tertiary/aromatic N) is 2. The van der Waals surface area contributed by atoms with Crippen LogP contribution in [0.3, 0.4) is 0 Å². The Hall–Kier alpha value is -1.32. The first-order chi connectivity index (χ1) is 9.17. The van der Waals surface area contributed by atoms with Gasteiger partial charge in [0.1, 0.15) is 0 Å². The fourth-order valence-electron chi connectivity index (χ4n) is 2.47. The third kappa shape index (κ3) is 4.37. The van der Waals surface area contributed by atoms with Gasteiger partial charge in [0.15, 0.2) is 0 Å². The van der Waals surface area contributed by atoms with Crippen LogP contribution in [0.1, 0.15) is 51.6 Å². The summed E-state index contributed by atoms with van der Waals surface area (Å²) >= 11 is 0. The predicted molar refractivity (Wildman–Crippen MR) is 77.6 cm³/mol. The zero-order valence-corrected chi connectivity index (χ0v) is 12.3. The monoisotopic (exact) mass is 263 g/mol. The Balaban J connectivity index is 1.97. The second kappa shape index (κ2) is 6.73. The van der Waals surface area contributed by atoms with Crippen molar-refractivity contribution in [3.8, 4) is 5.88 Å². The second-order valence-electron chi connectivity index (χ2n) is 5.62. The number of ether oxygens (including phenoxy) is 1. The SMILES string of the molecule is CCCOc1cc(C)nc(NC2CCC(C)CC2)n1. The number of aryl methyl sites for hydroxylation is 1. The normalized spacial score (nSPS) is 23.1. The Morgan fingerprint density at radius 2 is 2.00 bits per heavy atom. The van der Waals surface area contributed by atoms with Gasteiger partial charge in [0.25, 0.3) is 0 Å². The Labute approximate surface area is 116 Å². The third-order valence-corrected chi connectivity index (χ3v) is 3.63. The summed E-state index contributed by atoms with van der Waals surface area (Å²) in [5.74, 6) is 2.26. The fraction of sp³-hybridized carbons (Fsp3) is 0.733. The molecule has 106 valence electrons. The number of hydrogen-bond acceptors (Lipinski definition) is 4. The summed E-state index contributed by atoms with van der Waals surface area (Å²) in [5.41, 5.74) is 0.952. The van der Waals surface area contributed by atoms with Gasteiger partial charge in [0.05, 0.1) is 6.61 Å². The number of nitrogens with one attached hydrogen (secondary N) is 1. The largest absolute Gasteiger partial charge is 0.478 e. The molecule has 4 heteroatoms. The van der Waals surface area contributed by atoms with Crippen LogP contribution in [-0.2, 0) is 0 Å². The van der Waals surface area contributed by atoms with E-state index in [1.165, 1.54) is 25.7 Å². The number of rotatable bonds is 5. The van der Waals surface area contributed by atoms with Gasteiger partial charge in [0.2, 0.25) is 11.8 Å². The topological polar surface area (TPSA) is 47.0 Å². The van der Waals surface area contributed by atoms with Crippen LogP contribution in [0.15, 0.2) is 6.07 Å². The summed E-state index contributed by atoms with van der Waals surface area (Å²) in [6.07, 6.45) is 6.00. The van der Waals surface area contributed by atoms with E-state index in [0.29, 0.717) is 24.5 Å². The van der Waals surface area contributed by atoms with Crippen LogP contribution in [0.2, 0.25) is 0 Å². The van der Waals surface area contributed by atoms with Crippen molar-refractivity contribution in [1.29, 1.82) is 0 Å². The molecule has 0 bridgehead atoms. The van der Waals surface area contributed by atoms with Gasteiger partial charge in [-0.1, -0.05) is 13.8 Å². The molecule has 0 atom stereocenters. The minimum Gasteiger partial charge on any atom is -0.478 e. The average molecular weight is 263 g/mol. The van der Waals surface area contributed by atoms with Gasteiger partial charge in [-0.2, -0.15) is 4.98 Å². The quantitative estimate of drug-likeness (QED) is 0.882. The minimum atomic E-state index is 0.511. The molecule has 1 aromatic heterocycles. The molecule has 1 saturated carbocycles. The minimum absolute atomic E-state index is 0.511. The van der Waals surface area contributed by atoms with E-state index in [1.807, 2.05) is 13.0 Å². The fourth-order valence-corrected chi connectivity index (χ4v) is 2.47. The van der Waals surface area contributed by atoms with Crippen molar-refractivity contribution in [2.24, 2.45) is 5.92 Å². The van der Waals surface area contributed by atoms with E-state index in [0.717, 1.165) is 18.0 Å². The summed E-state index contributed by atoms with van der Waals surface area (Å²) in [4.78, 5) is 8.89. The Morgan fingerprint density at radius 3 is 2.68 bits per heavy atom. The molecule has 0 aromatic carbocycles. The smallest absolute Gasteiger partial charge is 0.226 e. The van der Waals surface area contributed by atoms with E-state index in [9.17, 15) is 0 Å². The maximum atomic E-state index is 5.59. The molecule has 1 aromatic rings. The highest BCUT2D eigenvalue weighted by molar-refractivity contribution is 5.31. The molecule has 1 fully saturated rings. The summed E-state index contributed by atoms with van der Waals surface area (Å²) in [5, 5.41) is 3.46. The molecule has 2 rings (SSSR count). The van der Waals surface area contributed by atoms with Crippen molar-refractivity contribution < 1.29 is 4.74 Å². The highest BCUT2D eigenvalue weighted by atomic mass is 16.5. The molecule has 1 aliphatic carbocycles. The molecule has 4 nitrogen and oxygen atoms in total. The molecule has 1 heterocycles. The number of hydrogen-bond donors (Lipinski definition) is 1. The lowest BCUT2D eigenvalue weighted by Gasteiger charge is -2.27. The van der Waals surface area contributed by atoms with Crippen LogP contribution >= 0.6 is 0 Å². The molecule has 0 aliphatic heterocycles. The zero-order valence-electron chi connectivity index (χ0n) is 12.3. The van der Waals surface area contributed by atoms with E-state index in [4.69, 9.17) is 4.74 Å². The van der Waals surface area contributed by atoms with Gasteiger partial charge in [-0.15, -0.1) is 0 Å².